The van der Waals surface area contributed by atoms with Gasteiger partial charge in [-0.25, -0.2) is 4.79 Å². The molecule has 232 valence electrons. The van der Waals surface area contributed by atoms with E-state index in [1.54, 1.807) is 17.7 Å². The summed E-state index contributed by atoms with van der Waals surface area (Å²) in [6.07, 6.45) is 9.83. The van der Waals surface area contributed by atoms with Crippen molar-refractivity contribution >= 4 is 11.6 Å². The van der Waals surface area contributed by atoms with E-state index in [1.807, 2.05) is 0 Å². The summed E-state index contributed by atoms with van der Waals surface area (Å²) in [5.41, 5.74) is 2.29. The molecule has 0 bridgehead atoms. The number of ether oxygens (including phenoxy) is 5. The van der Waals surface area contributed by atoms with Gasteiger partial charge < -0.3 is 23.7 Å². The molecule has 1 aromatic carbocycles. The maximum absolute atomic E-state index is 13.6. The van der Waals surface area contributed by atoms with Crippen molar-refractivity contribution in [3.05, 3.63) is 68.0 Å². The Morgan fingerprint density at radius 1 is 0.929 bits per heavy atom. The Hall–Kier alpha value is -2.01. The first-order valence-electron chi connectivity index (χ1n) is 15.6. The molecule has 0 spiro atoms. The van der Waals surface area contributed by atoms with E-state index in [-0.39, 0.29) is 36.0 Å². The molecule has 0 radical (unpaired) electrons. The van der Waals surface area contributed by atoms with Gasteiger partial charge in [-0.05, 0) is 75.8 Å². The molecule has 1 aromatic heterocycles. The molecule has 5 rings (SSSR count). The standard InChI is InChI=1S/C32H45ClN2O7/c1-23-21-35(32(37)34(31(23)36)16-6-2-3-9-24-12-14-25(20-33)15-13-24)28-19-26(42-30-11-5-8-18-39-30)27(41-28)22-40-29-10-4-7-17-38-29/h12-15,21,26-30H,2-11,16-20,22H2,1H3/t26-,27+,28+,29?,30?/m0/s1. The highest BCUT2D eigenvalue weighted by Gasteiger charge is 2.40. The molecule has 5 atom stereocenters. The van der Waals surface area contributed by atoms with Gasteiger partial charge in [0.15, 0.2) is 12.6 Å². The minimum atomic E-state index is -0.562. The van der Waals surface area contributed by atoms with Crippen molar-refractivity contribution in [2.24, 2.45) is 0 Å². The molecule has 0 aliphatic carbocycles. The predicted molar refractivity (Wildman–Crippen MR) is 160 cm³/mol. The quantitative estimate of drug-likeness (QED) is 0.229. The molecule has 3 aliphatic rings. The van der Waals surface area contributed by atoms with Gasteiger partial charge in [-0.1, -0.05) is 30.7 Å². The third-order valence-electron chi connectivity index (χ3n) is 8.43. The molecule has 0 saturated carbocycles. The highest BCUT2D eigenvalue weighted by Crippen LogP contribution is 2.33. The van der Waals surface area contributed by atoms with Crippen molar-refractivity contribution in [2.45, 2.75) is 121 Å². The highest BCUT2D eigenvalue weighted by molar-refractivity contribution is 6.17. The van der Waals surface area contributed by atoms with Crippen molar-refractivity contribution < 1.29 is 23.7 Å². The van der Waals surface area contributed by atoms with Crippen LogP contribution < -0.4 is 11.2 Å². The molecule has 9 nitrogen and oxygen atoms in total. The van der Waals surface area contributed by atoms with Gasteiger partial charge in [-0.3, -0.25) is 13.9 Å². The van der Waals surface area contributed by atoms with Crippen LogP contribution in [0.2, 0.25) is 0 Å². The van der Waals surface area contributed by atoms with Crippen molar-refractivity contribution in [3.8, 4) is 0 Å². The Kier molecular flexibility index (Phi) is 11.7. The number of aromatic nitrogens is 2. The summed E-state index contributed by atoms with van der Waals surface area (Å²) in [6.45, 7) is 3.81. The molecule has 3 saturated heterocycles. The normalized spacial score (nSPS) is 26.5. The lowest BCUT2D eigenvalue weighted by atomic mass is 10.1. The number of benzene rings is 1. The lowest BCUT2D eigenvalue weighted by Crippen LogP contribution is -2.42. The van der Waals surface area contributed by atoms with Gasteiger partial charge in [-0.2, -0.15) is 0 Å². The minimum Gasteiger partial charge on any atom is -0.353 e. The van der Waals surface area contributed by atoms with E-state index in [9.17, 15) is 9.59 Å². The first-order chi connectivity index (χ1) is 20.5. The van der Waals surface area contributed by atoms with Crippen molar-refractivity contribution in [3.63, 3.8) is 0 Å². The third kappa shape index (κ3) is 8.33. The molecule has 3 fully saturated rings. The Morgan fingerprint density at radius 3 is 2.33 bits per heavy atom. The van der Waals surface area contributed by atoms with E-state index < -0.39 is 6.23 Å². The molecule has 0 amide bonds. The second kappa shape index (κ2) is 15.6. The van der Waals surface area contributed by atoms with Gasteiger partial charge in [0.25, 0.3) is 5.56 Å². The number of halogens is 1. The summed E-state index contributed by atoms with van der Waals surface area (Å²) in [6, 6.07) is 8.34. The summed E-state index contributed by atoms with van der Waals surface area (Å²) in [4.78, 5) is 26.6. The molecular weight excluding hydrogens is 560 g/mol. The first-order valence-corrected chi connectivity index (χ1v) is 16.2. The fraction of sp³-hybridized carbons (Fsp3) is 0.688. The van der Waals surface area contributed by atoms with E-state index in [4.69, 9.17) is 35.3 Å². The van der Waals surface area contributed by atoms with Gasteiger partial charge in [0, 0.05) is 43.8 Å². The second-order valence-corrected chi connectivity index (χ2v) is 12.0. The average Bonchev–Trinajstić information content (AvgIpc) is 3.42. The Morgan fingerprint density at radius 2 is 1.64 bits per heavy atom. The summed E-state index contributed by atoms with van der Waals surface area (Å²) in [5.74, 6) is 0.515. The Balaban J connectivity index is 1.22. The zero-order valence-corrected chi connectivity index (χ0v) is 25.5. The smallest absolute Gasteiger partial charge is 0.333 e. The van der Waals surface area contributed by atoms with Gasteiger partial charge >= 0.3 is 5.69 Å². The molecule has 2 unspecified atom stereocenters. The lowest BCUT2D eigenvalue weighted by Gasteiger charge is -2.29. The van der Waals surface area contributed by atoms with E-state index in [1.165, 1.54) is 10.1 Å². The van der Waals surface area contributed by atoms with Crippen LogP contribution in [0, 0.1) is 6.92 Å². The van der Waals surface area contributed by atoms with Crippen LogP contribution in [0.1, 0.15) is 87.1 Å². The molecule has 4 heterocycles. The fourth-order valence-electron chi connectivity index (χ4n) is 5.96. The van der Waals surface area contributed by atoms with Crippen molar-refractivity contribution in [1.29, 1.82) is 0 Å². The second-order valence-electron chi connectivity index (χ2n) is 11.7. The Bertz CT molecular complexity index is 1230. The third-order valence-corrected chi connectivity index (χ3v) is 8.74. The van der Waals surface area contributed by atoms with Gasteiger partial charge in [0.1, 0.15) is 12.3 Å². The molecule has 42 heavy (non-hydrogen) atoms. The largest absolute Gasteiger partial charge is 0.353 e. The summed E-state index contributed by atoms with van der Waals surface area (Å²) in [7, 11) is 0. The van der Waals surface area contributed by atoms with Gasteiger partial charge in [-0.15, -0.1) is 11.6 Å². The maximum Gasteiger partial charge on any atom is 0.333 e. The number of nitrogens with zero attached hydrogens (tertiary/aromatic N) is 2. The first kappa shape index (κ1) is 31.4. The number of rotatable bonds is 13. The van der Waals surface area contributed by atoms with E-state index in [2.05, 4.69) is 24.3 Å². The fourth-order valence-corrected chi connectivity index (χ4v) is 6.13. The SMILES string of the molecule is Cc1cn([C@H]2C[C@H](OC3CCCCO3)[C@@H](COC3CCCCO3)O2)c(=O)n(CCCCCc2ccc(CCl)cc2)c1=O. The molecule has 2 aromatic rings. The minimum absolute atomic E-state index is 0.246. The topological polar surface area (TPSA) is 90.2 Å². The maximum atomic E-state index is 13.6. The summed E-state index contributed by atoms with van der Waals surface area (Å²) in [5, 5.41) is 0. The number of hydrogen-bond acceptors (Lipinski definition) is 7. The van der Waals surface area contributed by atoms with Crippen molar-refractivity contribution in [1.82, 2.24) is 9.13 Å². The summed E-state index contributed by atoms with van der Waals surface area (Å²) < 4.78 is 33.3. The van der Waals surface area contributed by atoms with Crippen molar-refractivity contribution in [2.75, 3.05) is 19.8 Å². The van der Waals surface area contributed by atoms with E-state index in [0.29, 0.717) is 44.2 Å². The van der Waals surface area contributed by atoms with Gasteiger partial charge in [0.2, 0.25) is 0 Å². The van der Waals surface area contributed by atoms with Crippen LogP contribution in [0.5, 0.6) is 0 Å². The summed E-state index contributed by atoms with van der Waals surface area (Å²) >= 11 is 5.89. The van der Waals surface area contributed by atoms with Gasteiger partial charge in [0.05, 0.1) is 12.7 Å². The monoisotopic (exact) mass is 604 g/mol. The van der Waals surface area contributed by atoms with Crippen LogP contribution >= 0.6 is 11.6 Å². The lowest BCUT2D eigenvalue weighted by molar-refractivity contribution is -0.216. The van der Waals surface area contributed by atoms with Crippen LogP contribution in [0.4, 0.5) is 0 Å². The zero-order valence-electron chi connectivity index (χ0n) is 24.7. The number of hydrogen-bond donors (Lipinski definition) is 0. The molecule has 0 N–H and O–H groups in total. The van der Waals surface area contributed by atoms with Crippen LogP contribution in [0.3, 0.4) is 0 Å². The van der Waals surface area contributed by atoms with Crippen LogP contribution in [-0.4, -0.2) is 53.7 Å². The number of aryl methyl sites for hydroxylation is 2. The zero-order chi connectivity index (χ0) is 29.3. The number of unbranched alkanes of at least 4 members (excludes halogenated alkanes) is 2. The molecular formula is C32H45ClN2O7. The van der Waals surface area contributed by atoms with E-state index in [0.717, 1.165) is 69.8 Å². The molecule has 3 aliphatic heterocycles. The van der Waals surface area contributed by atoms with Crippen LogP contribution in [-0.2, 0) is 42.5 Å². The Labute approximate surface area is 253 Å². The van der Waals surface area contributed by atoms with E-state index >= 15 is 0 Å². The number of alkyl halides is 1. The average molecular weight is 605 g/mol. The van der Waals surface area contributed by atoms with Crippen LogP contribution in [0.15, 0.2) is 40.1 Å². The molecule has 10 heteroatoms. The predicted octanol–water partition coefficient (Wildman–Crippen LogP) is 5.21. The van der Waals surface area contributed by atoms with Crippen LogP contribution in [0.25, 0.3) is 0 Å². The highest BCUT2D eigenvalue weighted by atomic mass is 35.5.